The first kappa shape index (κ1) is 13.9. The fourth-order valence-electron chi connectivity index (χ4n) is 1.04. The highest BCUT2D eigenvalue weighted by Crippen LogP contribution is 2.13. The lowest BCUT2D eigenvalue weighted by Crippen LogP contribution is -2.61. The Kier molecular flexibility index (Phi) is 4.27. The number of primary amides is 1. The average Bonchev–Trinajstić information content (AvgIpc) is 2.15. The summed E-state index contributed by atoms with van der Waals surface area (Å²) < 4.78 is 0. The lowest BCUT2D eigenvalue weighted by atomic mass is 9.91. The molecule has 0 bridgehead atoms. The van der Waals surface area contributed by atoms with E-state index in [1.165, 1.54) is 0 Å². The highest BCUT2D eigenvalue weighted by molar-refractivity contribution is 5.93. The van der Waals surface area contributed by atoms with Crippen LogP contribution >= 0.6 is 0 Å². The molecule has 5 heteroatoms. The van der Waals surface area contributed by atoms with E-state index in [1.807, 2.05) is 13.8 Å². The van der Waals surface area contributed by atoms with Gasteiger partial charge in [-0.1, -0.05) is 13.8 Å². The first-order chi connectivity index (χ1) is 6.69. The number of amides is 2. The monoisotopic (exact) mass is 215 g/mol. The van der Waals surface area contributed by atoms with Crippen LogP contribution in [-0.2, 0) is 9.59 Å². The van der Waals surface area contributed by atoms with Crippen LogP contribution in [0.4, 0.5) is 0 Å². The van der Waals surface area contributed by atoms with E-state index in [4.69, 9.17) is 11.5 Å². The van der Waals surface area contributed by atoms with Gasteiger partial charge in [0.2, 0.25) is 11.8 Å². The van der Waals surface area contributed by atoms with Crippen molar-refractivity contribution < 1.29 is 9.59 Å². The third kappa shape index (κ3) is 3.20. The van der Waals surface area contributed by atoms with Crippen molar-refractivity contribution in [2.45, 2.75) is 51.6 Å². The van der Waals surface area contributed by atoms with Crippen LogP contribution in [0.15, 0.2) is 0 Å². The summed E-state index contributed by atoms with van der Waals surface area (Å²) in [7, 11) is 0. The molecule has 5 N–H and O–H groups in total. The number of nitrogens with one attached hydrogen (secondary N) is 1. The average molecular weight is 215 g/mol. The summed E-state index contributed by atoms with van der Waals surface area (Å²) in [4.78, 5) is 22.8. The van der Waals surface area contributed by atoms with E-state index in [1.54, 1.807) is 13.8 Å². The molecule has 15 heavy (non-hydrogen) atoms. The number of hydrogen-bond acceptors (Lipinski definition) is 3. The Balaban J connectivity index is 4.69. The molecule has 0 aliphatic carbocycles. The van der Waals surface area contributed by atoms with Crippen molar-refractivity contribution in [3.05, 3.63) is 0 Å². The highest BCUT2D eigenvalue weighted by atomic mass is 16.2. The molecule has 0 saturated carbocycles. The van der Waals surface area contributed by atoms with Crippen LogP contribution < -0.4 is 16.8 Å². The van der Waals surface area contributed by atoms with E-state index >= 15 is 0 Å². The van der Waals surface area contributed by atoms with Crippen molar-refractivity contribution in [3.8, 4) is 0 Å². The molecule has 5 nitrogen and oxygen atoms in total. The van der Waals surface area contributed by atoms with E-state index in [-0.39, 0.29) is 5.91 Å². The zero-order valence-electron chi connectivity index (χ0n) is 9.89. The van der Waals surface area contributed by atoms with Gasteiger partial charge >= 0.3 is 0 Å². The summed E-state index contributed by atoms with van der Waals surface area (Å²) in [6, 6.07) is 0. The van der Waals surface area contributed by atoms with Gasteiger partial charge in [-0.15, -0.1) is 0 Å². The molecule has 0 aromatic carbocycles. The van der Waals surface area contributed by atoms with Crippen molar-refractivity contribution in [1.29, 1.82) is 0 Å². The van der Waals surface area contributed by atoms with Crippen LogP contribution in [0.25, 0.3) is 0 Å². The van der Waals surface area contributed by atoms with Crippen molar-refractivity contribution in [1.82, 2.24) is 5.32 Å². The van der Waals surface area contributed by atoms with E-state index in [2.05, 4.69) is 5.32 Å². The molecule has 0 heterocycles. The molecule has 0 aromatic heterocycles. The molecule has 0 unspecified atom stereocenters. The maximum Gasteiger partial charge on any atom is 0.242 e. The zero-order chi connectivity index (χ0) is 12.3. The first-order valence-electron chi connectivity index (χ1n) is 5.11. The molecule has 0 aliphatic heterocycles. The summed E-state index contributed by atoms with van der Waals surface area (Å²) in [5.74, 6) is -0.915. The molecule has 0 saturated heterocycles. The number of carbonyl (C=O) groups excluding carboxylic acids is 2. The summed E-state index contributed by atoms with van der Waals surface area (Å²) in [5.41, 5.74) is 9.05. The maximum atomic E-state index is 11.8. The van der Waals surface area contributed by atoms with Gasteiger partial charge in [0.25, 0.3) is 0 Å². The van der Waals surface area contributed by atoms with Gasteiger partial charge < -0.3 is 16.8 Å². The Morgan fingerprint density at radius 3 is 1.87 bits per heavy atom. The van der Waals surface area contributed by atoms with Gasteiger partial charge in [-0.3, -0.25) is 9.59 Å². The minimum absolute atomic E-state index is 0.337. The largest absolute Gasteiger partial charge is 0.368 e. The third-order valence-electron chi connectivity index (χ3n) is 2.76. The quantitative estimate of drug-likeness (QED) is 0.596. The van der Waals surface area contributed by atoms with Gasteiger partial charge in [-0.05, 0) is 26.7 Å². The maximum absolute atomic E-state index is 11.8. The van der Waals surface area contributed by atoms with E-state index in [9.17, 15) is 9.59 Å². The van der Waals surface area contributed by atoms with Crippen LogP contribution in [0, 0.1) is 0 Å². The fraction of sp³-hybridized carbons (Fsp3) is 0.800. The SMILES string of the molecule is CCC(N)(CC)C(=O)NC(C)(C)C(N)=O. The lowest BCUT2D eigenvalue weighted by molar-refractivity contribution is -0.133. The topological polar surface area (TPSA) is 98.2 Å². The Hall–Kier alpha value is -1.10. The Morgan fingerprint density at radius 1 is 1.20 bits per heavy atom. The number of carbonyl (C=O) groups is 2. The molecule has 0 atom stereocenters. The van der Waals surface area contributed by atoms with Crippen LogP contribution in [0.5, 0.6) is 0 Å². The molecule has 88 valence electrons. The predicted molar refractivity (Wildman–Crippen MR) is 58.9 cm³/mol. The second-order valence-electron chi connectivity index (χ2n) is 4.31. The molecule has 0 radical (unpaired) electrons. The van der Waals surface area contributed by atoms with Gasteiger partial charge in [0.1, 0.15) is 5.54 Å². The van der Waals surface area contributed by atoms with Crippen LogP contribution in [0.3, 0.4) is 0 Å². The van der Waals surface area contributed by atoms with Gasteiger partial charge in [-0.25, -0.2) is 0 Å². The third-order valence-corrected chi connectivity index (χ3v) is 2.76. The summed E-state index contributed by atoms with van der Waals surface area (Å²) >= 11 is 0. The van der Waals surface area contributed by atoms with E-state index in [0.29, 0.717) is 12.8 Å². The number of hydrogen-bond donors (Lipinski definition) is 3. The fourth-order valence-corrected chi connectivity index (χ4v) is 1.04. The van der Waals surface area contributed by atoms with Crippen molar-refractivity contribution in [3.63, 3.8) is 0 Å². The van der Waals surface area contributed by atoms with Gasteiger partial charge in [0.05, 0.1) is 5.54 Å². The molecule has 0 aromatic rings. The van der Waals surface area contributed by atoms with Crippen molar-refractivity contribution in [2.24, 2.45) is 11.5 Å². The Morgan fingerprint density at radius 2 is 1.60 bits per heavy atom. The first-order valence-corrected chi connectivity index (χ1v) is 5.11. The number of nitrogens with two attached hydrogens (primary N) is 2. The smallest absolute Gasteiger partial charge is 0.242 e. The molecular weight excluding hydrogens is 194 g/mol. The van der Waals surface area contributed by atoms with Crippen LogP contribution in [0.1, 0.15) is 40.5 Å². The highest BCUT2D eigenvalue weighted by Gasteiger charge is 2.35. The number of rotatable bonds is 5. The predicted octanol–water partition coefficient (Wildman–Crippen LogP) is -0.116. The summed E-state index contributed by atoms with van der Waals surface area (Å²) in [6.07, 6.45) is 1.04. The van der Waals surface area contributed by atoms with Crippen molar-refractivity contribution in [2.75, 3.05) is 0 Å². The standard InChI is InChI=1S/C10H21N3O2/c1-5-10(12,6-2)8(15)13-9(3,4)7(11)14/h5-6,12H2,1-4H3,(H2,11,14)(H,13,15). The van der Waals surface area contributed by atoms with Crippen molar-refractivity contribution >= 4 is 11.8 Å². The molecular formula is C10H21N3O2. The molecule has 0 spiro atoms. The molecule has 0 rings (SSSR count). The minimum Gasteiger partial charge on any atom is -0.368 e. The second-order valence-corrected chi connectivity index (χ2v) is 4.31. The van der Waals surface area contributed by atoms with Gasteiger partial charge in [0.15, 0.2) is 0 Å². The summed E-state index contributed by atoms with van der Waals surface area (Å²) in [6.45, 7) is 6.78. The summed E-state index contributed by atoms with van der Waals surface area (Å²) in [5, 5.41) is 2.56. The molecule has 0 aliphatic rings. The second kappa shape index (κ2) is 4.61. The van der Waals surface area contributed by atoms with E-state index < -0.39 is 17.0 Å². The Bertz CT molecular complexity index is 257. The van der Waals surface area contributed by atoms with Gasteiger partial charge in [-0.2, -0.15) is 0 Å². The zero-order valence-corrected chi connectivity index (χ0v) is 9.89. The lowest BCUT2D eigenvalue weighted by Gasteiger charge is -2.30. The normalized spacial score (nSPS) is 12.3. The Labute approximate surface area is 90.6 Å². The molecule has 2 amide bonds. The molecule has 0 fully saturated rings. The van der Waals surface area contributed by atoms with Crippen LogP contribution in [0.2, 0.25) is 0 Å². The van der Waals surface area contributed by atoms with E-state index in [0.717, 1.165) is 0 Å². The van der Waals surface area contributed by atoms with Gasteiger partial charge in [0, 0.05) is 0 Å². The minimum atomic E-state index is -1.06. The van der Waals surface area contributed by atoms with Crippen LogP contribution in [-0.4, -0.2) is 22.9 Å².